The third-order valence-corrected chi connectivity index (χ3v) is 5.30. The zero-order valence-corrected chi connectivity index (χ0v) is 18.9. The van der Waals surface area contributed by atoms with Crippen LogP contribution in [0.5, 0.6) is 0 Å². The van der Waals surface area contributed by atoms with Crippen molar-refractivity contribution in [3.63, 3.8) is 0 Å². The van der Waals surface area contributed by atoms with Crippen LogP contribution in [0.1, 0.15) is 45.2 Å². The van der Waals surface area contributed by atoms with E-state index in [1.165, 1.54) is 38.8 Å². The lowest BCUT2D eigenvalue weighted by molar-refractivity contribution is 0.167. The molecule has 2 heterocycles. The Morgan fingerprint density at radius 2 is 1.92 bits per heavy atom. The highest BCUT2D eigenvalue weighted by Crippen LogP contribution is 2.22. The van der Waals surface area contributed by atoms with Crippen molar-refractivity contribution < 1.29 is 0 Å². The lowest BCUT2D eigenvalue weighted by Gasteiger charge is -2.34. The Balaban J connectivity index is 0.00000338. The van der Waals surface area contributed by atoms with Crippen LogP contribution in [0.2, 0.25) is 0 Å². The molecule has 0 spiro atoms. The van der Waals surface area contributed by atoms with E-state index in [2.05, 4.69) is 45.4 Å². The fraction of sp³-hybridized carbons (Fsp3) is 0.700. The summed E-state index contributed by atoms with van der Waals surface area (Å²) in [6.07, 6.45) is 7.92. The molecule has 1 aliphatic heterocycles. The summed E-state index contributed by atoms with van der Waals surface area (Å²) < 4.78 is 0. The third-order valence-electron chi connectivity index (χ3n) is 5.30. The second-order valence-corrected chi connectivity index (χ2v) is 6.84. The highest BCUT2D eigenvalue weighted by Gasteiger charge is 2.27. The molecular weight excluding hydrogens is 437 g/mol. The minimum absolute atomic E-state index is 0. The van der Waals surface area contributed by atoms with Gasteiger partial charge in [0.05, 0.1) is 0 Å². The third kappa shape index (κ3) is 7.39. The van der Waals surface area contributed by atoms with Crippen molar-refractivity contribution in [1.82, 2.24) is 20.5 Å². The summed E-state index contributed by atoms with van der Waals surface area (Å²) >= 11 is 0. The number of aromatic nitrogens is 1. The number of rotatable bonds is 9. The molecule has 1 aromatic heterocycles. The van der Waals surface area contributed by atoms with Crippen molar-refractivity contribution in [1.29, 1.82) is 0 Å². The lowest BCUT2D eigenvalue weighted by Crippen LogP contribution is -2.49. The number of pyridine rings is 1. The maximum absolute atomic E-state index is 4.38. The Hall–Kier alpha value is -0.890. The molecule has 1 unspecified atom stereocenters. The summed E-state index contributed by atoms with van der Waals surface area (Å²) in [6.45, 7) is 8.93. The minimum Gasteiger partial charge on any atom is -0.356 e. The van der Waals surface area contributed by atoms with E-state index in [1.807, 2.05) is 25.4 Å². The molecule has 1 saturated heterocycles. The molecule has 26 heavy (non-hydrogen) atoms. The molecule has 2 rings (SSSR count). The van der Waals surface area contributed by atoms with Gasteiger partial charge in [0.25, 0.3) is 0 Å². The standard InChI is InChI=1S/C20H35N5.HI/c1-4-17(5-2)19(25-14-8-9-15-25)16-24-20(21-3)23-13-11-18-10-6-7-12-22-18;/h6-7,10,12,17,19H,4-5,8-9,11,13-16H2,1-3H3,(H2,21,23,24);1H. The fourth-order valence-electron chi connectivity index (χ4n) is 3.78. The van der Waals surface area contributed by atoms with Crippen molar-refractivity contribution in [3.8, 4) is 0 Å². The summed E-state index contributed by atoms with van der Waals surface area (Å²) in [5.74, 6) is 1.64. The van der Waals surface area contributed by atoms with Crippen LogP contribution in [0.15, 0.2) is 29.4 Å². The zero-order chi connectivity index (χ0) is 17.9. The van der Waals surface area contributed by atoms with Gasteiger partial charge < -0.3 is 10.6 Å². The molecule has 0 aliphatic carbocycles. The van der Waals surface area contributed by atoms with Crippen molar-refractivity contribution in [3.05, 3.63) is 30.1 Å². The topological polar surface area (TPSA) is 52.6 Å². The minimum atomic E-state index is 0. The number of likely N-dealkylation sites (tertiary alicyclic amines) is 1. The Kier molecular flexibility index (Phi) is 11.8. The maximum atomic E-state index is 4.38. The van der Waals surface area contributed by atoms with E-state index in [9.17, 15) is 0 Å². The summed E-state index contributed by atoms with van der Waals surface area (Å²) in [6, 6.07) is 6.65. The summed E-state index contributed by atoms with van der Waals surface area (Å²) in [4.78, 5) is 11.4. The van der Waals surface area contributed by atoms with Gasteiger partial charge in [-0.3, -0.25) is 14.9 Å². The molecule has 1 fully saturated rings. The second kappa shape index (κ2) is 13.3. The average molecular weight is 473 g/mol. The van der Waals surface area contributed by atoms with Crippen LogP contribution in [0, 0.1) is 5.92 Å². The molecule has 1 aliphatic rings. The number of halogens is 1. The predicted octanol–water partition coefficient (Wildman–Crippen LogP) is 3.31. The van der Waals surface area contributed by atoms with Crippen molar-refractivity contribution in [2.24, 2.45) is 10.9 Å². The zero-order valence-electron chi connectivity index (χ0n) is 16.6. The van der Waals surface area contributed by atoms with E-state index in [0.29, 0.717) is 6.04 Å². The van der Waals surface area contributed by atoms with Crippen LogP contribution >= 0.6 is 24.0 Å². The van der Waals surface area contributed by atoms with Gasteiger partial charge in [-0.15, -0.1) is 24.0 Å². The second-order valence-electron chi connectivity index (χ2n) is 6.84. The van der Waals surface area contributed by atoms with Gasteiger partial charge in [0.1, 0.15) is 0 Å². The lowest BCUT2D eigenvalue weighted by atomic mass is 9.93. The van der Waals surface area contributed by atoms with Crippen LogP contribution < -0.4 is 10.6 Å². The quantitative estimate of drug-likeness (QED) is 0.328. The number of nitrogens with one attached hydrogen (secondary N) is 2. The van der Waals surface area contributed by atoms with E-state index in [0.717, 1.165) is 37.1 Å². The largest absolute Gasteiger partial charge is 0.356 e. The number of hydrogen-bond acceptors (Lipinski definition) is 3. The Labute approximate surface area is 176 Å². The molecular formula is C20H36IN5. The Morgan fingerprint density at radius 1 is 1.19 bits per heavy atom. The van der Waals surface area contributed by atoms with Crippen molar-refractivity contribution >= 4 is 29.9 Å². The van der Waals surface area contributed by atoms with Gasteiger partial charge in [0.15, 0.2) is 5.96 Å². The number of hydrogen-bond donors (Lipinski definition) is 2. The highest BCUT2D eigenvalue weighted by atomic mass is 127. The maximum Gasteiger partial charge on any atom is 0.191 e. The molecule has 0 bridgehead atoms. The first-order valence-corrected chi connectivity index (χ1v) is 9.86. The molecule has 0 saturated carbocycles. The van der Waals surface area contributed by atoms with Crippen molar-refractivity contribution in [2.45, 2.75) is 52.0 Å². The highest BCUT2D eigenvalue weighted by molar-refractivity contribution is 14.0. The van der Waals surface area contributed by atoms with Crippen molar-refractivity contribution in [2.75, 3.05) is 33.2 Å². The number of guanidine groups is 1. The monoisotopic (exact) mass is 473 g/mol. The molecule has 148 valence electrons. The molecule has 1 atom stereocenters. The molecule has 6 heteroatoms. The summed E-state index contributed by atoms with van der Waals surface area (Å²) in [5, 5.41) is 6.98. The molecule has 5 nitrogen and oxygen atoms in total. The van der Waals surface area contributed by atoms with Gasteiger partial charge in [0, 0.05) is 44.5 Å². The van der Waals surface area contributed by atoms with Gasteiger partial charge >= 0.3 is 0 Å². The Morgan fingerprint density at radius 3 is 2.50 bits per heavy atom. The first-order valence-electron chi connectivity index (χ1n) is 9.86. The van der Waals surface area contributed by atoms with E-state index in [4.69, 9.17) is 0 Å². The first kappa shape index (κ1) is 23.1. The fourth-order valence-corrected chi connectivity index (χ4v) is 3.78. The molecule has 0 amide bonds. The normalized spacial score (nSPS) is 16.4. The summed E-state index contributed by atoms with van der Waals surface area (Å²) in [5.41, 5.74) is 1.11. The van der Waals surface area contributed by atoms with Crippen LogP contribution in [-0.4, -0.2) is 55.1 Å². The molecule has 0 aromatic carbocycles. The number of nitrogens with zero attached hydrogens (tertiary/aromatic N) is 3. The molecule has 0 radical (unpaired) electrons. The van der Waals surface area contributed by atoms with Crippen LogP contribution in [0.25, 0.3) is 0 Å². The van der Waals surface area contributed by atoms with E-state index < -0.39 is 0 Å². The van der Waals surface area contributed by atoms with Gasteiger partial charge in [-0.2, -0.15) is 0 Å². The van der Waals surface area contributed by atoms with Crippen LogP contribution in [-0.2, 0) is 6.42 Å². The Bertz CT molecular complexity index is 496. The van der Waals surface area contributed by atoms with E-state index in [1.54, 1.807) is 0 Å². The average Bonchev–Trinajstić information content (AvgIpc) is 3.18. The smallest absolute Gasteiger partial charge is 0.191 e. The first-order chi connectivity index (χ1) is 12.3. The predicted molar refractivity (Wildman–Crippen MR) is 121 cm³/mol. The van der Waals surface area contributed by atoms with Crippen LogP contribution in [0.4, 0.5) is 0 Å². The number of aliphatic imine (C=N–C) groups is 1. The summed E-state index contributed by atoms with van der Waals surface area (Å²) in [7, 11) is 1.85. The van der Waals surface area contributed by atoms with Gasteiger partial charge in [-0.25, -0.2) is 0 Å². The van der Waals surface area contributed by atoms with E-state index >= 15 is 0 Å². The van der Waals surface area contributed by atoms with Gasteiger partial charge in [-0.1, -0.05) is 32.8 Å². The van der Waals surface area contributed by atoms with E-state index in [-0.39, 0.29) is 24.0 Å². The van der Waals surface area contributed by atoms with Gasteiger partial charge in [0.2, 0.25) is 0 Å². The molecule has 2 N–H and O–H groups in total. The van der Waals surface area contributed by atoms with Crippen LogP contribution in [0.3, 0.4) is 0 Å². The molecule has 1 aromatic rings. The SMILES string of the molecule is CCC(CC)C(CNC(=NC)NCCc1ccccn1)N1CCCC1.I. The van der Waals surface area contributed by atoms with Gasteiger partial charge in [-0.05, 0) is 44.0 Å².